The topological polar surface area (TPSA) is 92.3 Å². The van der Waals surface area contributed by atoms with Gasteiger partial charge in [0.1, 0.15) is 5.60 Å². The highest BCUT2D eigenvalue weighted by molar-refractivity contribution is 5.86. The van der Waals surface area contributed by atoms with E-state index in [1.807, 2.05) is 20.8 Å². The molecule has 21 heavy (non-hydrogen) atoms. The molecular weight excluding hydrogens is 296 g/mol. The predicted molar refractivity (Wildman–Crippen MR) is 75.8 cm³/mol. The second-order valence-electron chi connectivity index (χ2n) is 6.92. The molecule has 2 atom stereocenters. The third-order valence-corrected chi connectivity index (χ3v) is 2.14. The van der Waals surface area contributed by atoms with Crippen LogP contribution in [0.25, 0.3) is 0 Å². The summed E-state index contributed by atoms with van der Waals surface area (Å²) in [5.41, 5.74) is 2.61. The van der Waals surface area contributed by atoms with E-state index < -0.39 is 29.3 Å². The molecule has 0 bridgehead atoms. The largest absolute Gasteiger partial charge is 1.00 e. The lowest BCUT2D eigenvalue weighted by Crippen LogP contribution is -3.00. The molecule has 7 heteroatoms. The van der Waals surface area contributed by atoms with Crippen LogP contribution in [0, 0.1) is 0 Å². The number of carbonyl (C=O) groups excluding carboxylic acids is 2. The fourth-order valence-electron chi connectivity index (χ4n) is 1.19. The Morgan fingerprint density at radius 3 is 1.90 bits per heavy atom. The summed E-state index contributed by atoms with van der Waals surface area (Å²) in [7, 11) is 0. The van der Waals surface area contributed by atoms with E-state index in [1.54, 1.807) is 27.7 Å². The van der Waals surface area contributed by atoms with Crippen LogP contribution in [-0.4, -0.2) is 41.8 Å². The summed E-state index contributed by atoms with van der Waals surface area (Å²) in [6.07, 6.45) is 0. The van der Waals surface area contributed by atoms with Gasteiger partial charge in [-0.25, -0.2) is 4.79 Å². The van der Waals surface area contributed by atoms with Crippen molar-refractivity contribution in [1.82, 2.24) is 5.32 Å². The molecule has 126 valence electrons. The number of ether oxygens (including phenoxy) is 2. The lowest BCUT2D eigenvalue weighted by Gasteiger charge is -2.27. The van der Waals surface area contributed by atoms with Crippen molar-refractivity contribution in [2.75, 3.05) is 6.61 Å². The maximum absolute atomic E-state index is 12.1. The molecule has 6 nitrogen and oxygen atoms in total. The monoisotopic (exact) mass is 324 g/mol. The zero-order chi connectivity index (χ0) is 16.1. The first kappa shape index (κ1) is 22.4. The number of esters is 1. The van der Waals surface area contributed by atoms with Crippen LogP contribution >= 0.6 is 0 Å². The van der Waals surface area contributed by atoms with Crippen LogP contribution in [0.5, 0.6) is 0 Å². The van der Waals surface area contributed by atoms with Crippen molar-refractivity contribution < 1.29 is 37.2 Å². The van der Waals surface area contributed by atoms with Crippen LogP contribution in [0.3, 0.4) is 0 Å². The molecule has 0 aromatic rings. The second kappa shape index (κ2) is 8.56. The Labute approximate surface area is 133 Å². The average molecular weight is 325 g/mol. The molecule has 4 N–H and O–H groups in total. The Balaban J connectivity index is 0. The number of carbonyl (C=O) groups is 2. The highest BCUT2D eigenvalue weighted by Crippen LogP contribution is 2.11. The smallest absolute Gasteiger partial charge is 0.331 e. The molecule has 0 aliphatic carbocycles. The van der Waals surface area contributed by atoms with E-state index >= 15 is 0 Å². The van der Waals surface area contributed by atoms with Crippen LogP contribution < -0.4 is 23.5 Å². The molecule has 0 fully saturated rings. The van der Waals surface area contributed by atoms with Crippen molar-refractivity contribution in [3.8, 4) is 0 Å². The Bertz CT molecular complexity index is 346. The van der Waals surface area contributed by atoms with Gasteiger partial charge in [-0.15, -0.1) is 0 Å². The van der Waals surface area contributed by atoms with Gasteiger partial charge >= 0.3 is 5.97 Å². The Hall–Kier alpha value is -0.850. The highest BCUT2D eigenvalue weighted by atomic mass is 35.5. The molecule has 0 aliphatic rings. The summed E-state index contributed by atoms with van der Waals surface area (Å²) in [6, 6.07) is -1.28. The van der Waals surface area contributed by atoms with Crippen LogP contribution in [0.4, 0.5) is 0 Å². The summed E-state index contributed by atoms with van der Waals surface area (Å²) in [4.78, 5) is 23.8. The quantitative estimate of drug-likeness (QED) is 0.537. The van der Waals surface area contributed by atoms with Gasteiger partial charge < -0.3 is 32.9 Å². The highest BCUT2D eigenvalue weighted by Gasteiger charge is 2.29. The predicted octanol–water partition coefficient (Wildman–Crippen LogP) is -2.74. The first-order chi connectivity index (χ1) is 8.82. The van der Waals surface area contributed by atoms with E-state index in [0.29, 0.717) is 0 Å². The Morgan fingerprint density at radius 2 is 1.57 bits per heavy atom. The molecular formula is C14H29ClN2O4. The number of hydrogen-bond donors (Lipinski definition) is 2. The molecule has 0 saturated carbocycles. The minimum atomic E-state index is -0.829. The zero-order valence-electron chi connectivity index (χ0n) is 14.1. The van der Waals surface area contributed by atoms with Gasteiger partial charge in [-0.2, -0.15) is 0 Å². The number of rotatable bonds is 5. The van der Waals surface area contributed by atoms with E-state index in [4.69, 9.17) is 9.47 Å². The normalized spacial score (nSPS) is 14.7. The standard InChI is InChI=1S/C14H28N2O4.ClH/c1-9(15)11(17)16-10(8-19-13(2,3)4)12(18)20-14(5,6)7;/h9-10H,8,15H2,1-7H3,(H,16,17);1H/t9-,10-;/m0./s1. The number of amides is 1. The number of nitrogens with one attached hydrogen (secondary N) is 1. The summed E-state index contributed by atoms with van der Waals surface area (Å²) < 4.78 is 10.9. The van der Waals surface area contributed by atoms with Crippen LogP contribution in [-0.2, 0) is 19.1 Å². The van der Waals surface area contributed by atoms with Crippen molar-refractivity contribution in [2.45, 2.75) is 71.8 Å². The fraction of sp³-hybridized carbons (Fsp3) is 0.857. The molecule has 0 heterocycles. The third-order valence-electron chi connectivity index (χ3n) is 2.14. The molecule has 0 saturated heterocycles. The van der Waals surface area contributed by atoms with E-state index in [9.17, 15) is 9.59 Å². The molecule has 0 radical (unpaired) electrons. The number of quaternary nitrogens is 1. The van der Waals surface area contributed by atoms with Gasteiger partial charge in [0.2, 0.25) is 0 Å². The third kappa shape index (κ3) is 11.5. The Kier molecular flexibility index (Phi) is 9.14. The van der Waals surface area contributed by atoms with E-state index in [2.05, 4.69) is 11.1 Å². The minimum Gasteiger partial charge on any atom is -1.00 e. The summed E-state index contributed by atoms with van der Waals surface area (Å²) in [5.74, 6) is -0.811. The maximum atomic E-state index is 12.1. The lowest BCUT2D eigenvalue weighted by atomic mass is 10.1. The van der Waals surface area contributed by atoms with Crippen molar-refractivity contribution in [3.63, 3.8) is 0 Å². The fourth-order valence-corrected chi connectivity index (χ4v) is 1.19. The number of halogens is 1. The lowest BCUT2D eigenvalue weighted by molar-refractivity contribution is -0.398. The average Bonchev–Trinajstić information content (AvgIpc) is 2.19. The van der Waals surface area contributed by atoms with Crippen molar-refractivity contribution >= 4 is 11.9 Å². The molecule has 1 amide bonds. The van der Waals surface area contributed by atoms with E-state index in [0.717, 1.165) is 0 Å². The molecule has 0 unspecified atom stereocenters. The molecule has 0 aliphatic heterocycles. The van der Waals surface area contributed by atoms with Crippen LogP contribution in [0.1, 0.15) is 48.5 Å². The van der Waals surface area contributed by atoms with Crippen molar-refractivity contribution in [3.05, 3.63) is 0 Å². The van der Waals surface area contributed by atoms with E-state index in [-0.39, 0.29) is 24.9 Å². The van der Waals surface area contributed by atoms with E-state index in [1.165, 1.54) is 0 Å². The molecule has 0 spiro atoms. The van der Waals surface area contributed by atoms with Crippen molar-refractivity contribution in [2.24, 2.45) is 0 Å². The minimum absolute atomic E-state index is 0. The summed E-state index contributed by atoms with van der Waals surface area (Å²) >= 11 is 0. The second-order valence-corrected chi connectivity index (χ2v) is 6.92. The number of hydrogen-bond acceptors (Lipinski definition) is 4. The van der Waals surface area contributed by atoms with Gasteiger partial charge in [0, 0.05) is 0 Å². The van der Waals surface area contributed by atoms with Crippen LogP contribution in [0.15, 0.2) is 0 Å². The SMILES string of the molecule is C[C@H]([NH3+])C(=O)N[C@@H](COC(C)(C)C)C(=O)OC(C)(C)C.[Cl-]. The van der Waals surface area contributed by atoms with Gasteiger partial charge in [0.25, 0.3) is 5.91 Å². The van der Waals surface area contributed by atoms with Gasteiger partial charge in [0.15, 0.2) is 12.1 Å². The Morgan fingerprint density at radius 1 is 1.10 bits per heavy atom. The summed E-state index contributed by atoms with van der Waals surface area (Å²) in [6.45, 7) is 12.7. The van der Waals surface area contributed by atoms with Crippen LogP contribution in [0.2, 0.25) is 0 Å². The molecule has 0 aromatic carbocycles. The van der Waals surface area contributed by atoms with Crippen molar-refractivity contribution in [1.29, 1.82) is 0 Å². The van der Waals surface area contributed by atoms with Gasteiger partial charge in [-0.05, 0) is 48.5 Å². The first-order valence-electron chi connectivity index (χ1n) is 6.82. The zero-order valence-corrected chi connectivity index (χ0v) is 14.8. The first-order valence-corrected chi connectivity index (χ1v) is 6.82. The van der Waals surface area contributed by atoms with Gasteiger partial charge in [-0.3, -0.25) is 4.79 Å². The van der Waals surface area contributed by atoms with Gasteiger partial charge in [-0.1, -0.05) is 0 Å². The maximum Gasteiger partial charge on any atom is 0.331 e. The molecule has 0 aromatic heterocycles. The molecule has 0 rings (SSSR count). The van der Waals surface area contributed by atoms with Gasteiger partial charge in [0.05, 0.1) is 12.2 Å². The summed E-state index contributed by atoms with van der Waals surface area (Å²) in [5, 5.41) is 2.61.